The summed E-state index contributed by atoms with van der Waals surface area (Å²) in [5.74, 6) is 0. The molecule has 2 heterocycles. The van der Waals surface area contributed by atoms with Crippen molar-refractivity contribution in [3.63, 3.8) is 0 Å². The molecule has 0 radical (unpaired) electrons. The molecule has 0 amide bonds. The average Bonchev–Trinajstić information content (AvgIpc) is 3.12. The lowest BCUT2D eigenvalue weighted by molar-refractivity contribution is -0.0417. The van der Waals surface area contributed by atoms with Crippen molar-refractivity contribution in [2.45, 2.75) is 83.2 Å². The number of rotatable bonds is 5. The first-order chi connectivity index (χ1) is 9.65. The molecule has 1 saturated heterocycles. The Bertz CT molecular complexity index is 432. The molecule has 3 nitrogen and oxygen atoms in total. The zero-order valence-electron chi connectivity index (χ0n) is 12.9. The molecule has 1 aliphatic carbocycles. The molecule has 1 aromatic heterocycles. The van der Waals surface area contributed by atoms with Gasteiger partial charge < -0.3 is 14.6 Å². The molecule has 1 spiro atoms. The van der Waals surface area contributed by atoms with Crippen LogP contribution >= 0.6 is 0 Å². The van der Waals surface area contributed by atoms with Gasteiger partial charge in [0.25, 0.3) is 0 Å². The molecule has 0 bridgehead atoms. The minimum atomic E-state index is 0.264. The minimum absolute atomic E-state index is 0.264. The molecule has 1 atom stereocenters. The van der Waals surface area contributed by atoms with Crippen LogP contribution in [0.15, 0.2) is 18.5 Å². The molecule has 1 saturated carbocycles. The molecule has 20 heavy (non-hydrogen) atoms. The second kappa shape index (κ2) is 5.90. The van der Waals surface area contributed by atoms with Crippen LogP contribution in [0.5, 0.6) is 0 Å². The van der Waals surface area contributed by atoms with E-state index in [-0.39, 0.29) is 5.60 Å². The first kappa shape index (κ1) is 14.2. The molecule has 2 fully saturated rings. The van der Waals surface area contributed by atoms with Gasteiger partial charge in [-0.05, 0) is 37.3 Å². The Labute approximate surface area is 122 Å². The van der Waals surface area contributed by atoms with Crippen molar-refractivity contribution >= 4 is 0 Å². The Hall–Kier alpha value is -0.800. The number of aromatic nitrogens is 1. The fourth-order valence-corrected chi connectivity index (χ4v) is 3.68. The summed E-state index contributed by atoms with van der Waals surface area (Å²) in [4.78, 5) is 0. The molecule has 1 N–H and O–H groups in total. The van der Waals surface area contributed by atoms with Crippen LogP contribution in [0.2, 0.25) is 0 Å². The minimum Gasteiger partial charge on any atom is -0.370 e. The van der Waals surface area contributed by atoms with E-state index in [0.717, 1.165) is 13.1 Å². The summed E-state index contributed by atoms with van der Waals surface area (Å²) in [5, 5.41) is 3.46. The molecule has 1 unspecified atom stereocenters. The lowest BCUT2D eigenvalue weighted by Crippen LogP contribution is -2.26. The summed E-state index contributed by atoms with van der Waals surface area (Å²) in [6.45, 7) is 6.35. The van der Waals surface area contributed by atoms with Crippen molar-refractivity contribution in [3.05, 3.63) is 24.0 Å². The van der Waals surface area contributed by atoms with Gasteiger partial charge in [0.15, 0.2) is 0 Å². The number of hydrogen-bond donors (Lipinski definition) is 1. The van der Waals surface area contributed by atoms with Gasteiger partial charge in [-0.1, -0.05) is 26.7 Å². The van der Waals surface area contributed by atoms with Gasteiger partial charge in [-0.2, -0.15) is 0 Å². The molecule has 3 heteroatoms. The highest BCUT2D eigenvalue weighted by Crippen LogP contribution is 2.43. The van der Waals surface area contributed by atoms with Gasteiger partial charge in [0.2, 0.25) is 0 Å². The standard InChI is InChI=1S/C17H28N2O/c1-14(2)18-11-15-6-10-19(12-15)13-16-5-9-17(20-16)7-3-4-8-17/h6,10,12,14,16,18H,3-5,7-9,11,13H2,1-2H3. The fourth-order valence-electron chi connectivity index (χ4n) is 3.68. The van der Waals surface area contributed by atoms with Gasteiger partial charge in [0.1, 0.15) is 0 Å². The summed E-state index contributed by atoms with van der Waals surface area (Å²) >= 11 is 0. The highest BCUT2D eigenvalue weighted by Gasteiger charge is 2.41. The van der Waals surface area contributed by atoms with Crippen LogP contribution in [0, 0.1) is 0 Å². The molecule has 2 aliphatic rings. The second-order valence-corrected chi connectivity index (χ2v) is 6.92. The van der Waals surface area contributed by atoms with Crippen LogP contribution in [0.3, 0.4) is 0 Å². The van der Waals surface area contributed by atoms with E-state index in [4.69, 9.17) is 4.74 Å². The van der Waals surface area contributed by atoms with E-state index in [1.54, 1.807) is 0 Å². The van der Waals surface area contributed by atoms with Crippen LogP contribution in [-0.2, 0) is 17.8 Å². The number of nitrogens with zero attached hydrogens (tertiary/aromatic N) is 1. The third kappa shape index (κ3) is 3.26. The van der Waals surface area contributed by atoms with Gasteiger partial charge in [0, 0.05) is 31.5 Å². The summed E-state index contributed by atoms with van der Waals surface area (Å²) in [5.41, 5.74) is 1.63. The van der Waals surface area contributed by atoms with Crippen LogP contribution in [0.1, 0.15) is 57.9 Å². The Balaban J connectivity index is 1.51. The van der Waals surface area contributed by atoms with Gasteiger partial charge in [-0.3, -0.25) is 0 Å². The van der Waals surface area contributed by atoms with Crippen molar-refractivity contribution in [1.29, 1.82) is 0 Å². The first-order valence-corrected chi connectivity index (χ1v) is 8.21. The maximum Gasteiger partial charge on any atom is 0.0762 e. The number of hydrogen-bond acceptors (Lipinski definition) is 2. The van der Waals surface area contributed by atoms with E-state index >= 15 is 0 Å². The van der Waals surface area contributed by atoms with Crippen molar-refractivity contribution in [2.75, 3.05) is 0 Å². The van der Waals surface area contributed by atoms with E-state index in [0.29, 0.717) is 12.1 Å². The van der Waals surface area contributed by atoms with Crippen LogP contribution in [-0.4, -0.2) is 22.3 Å². The van der Waals surface area contributed by atoms with Crippen molar-refractivity contribution < 1.29 is 4.74 Å². The summed E-state index contributed by atoms with van der Waals surface area (Å²) in [6, 6.07) is 2.76. The normalized spacial score (nSPS) is 25.1. The maximum absolute atomic E-state index is 6.38. The molecule has 1 aromatic rings. The average molecular weight is 276 g/mol. The quantitative estimate of drug-likeness (QED) is 0.891. The largest absolute Gasteiger partial charge is 0.370 e. The van der Waals surface area contributed by atoms with Crippen LogP contribution in [0.4, 0.5) is 0 Å². The Morgan fingerprint density at radius 2 is 2.15 bits per heavy atom. The smallest absolute Gasteiger partial charge is 0.0762 e. The number of ether oxygens (including phenoxy) is 1. The third-order valence-electron chi connectivity index (χ3n) is 4.79. The topological polar surface area (TPSA) is 26.2 Å². The molecule has 1 aliphatic heterocycles. The van der Waals surface area contributed by atoms with E-state index in [1.165, 1.54) is 44.1 Å². The highest BCUT2D eigenvalue weighted by atomic mass is 16.5. The zero-order valence-corrected chi connectivity index (χ0v) is 12.9. The van der Waals surface area contributed by atoms with Crippen molar-refractivity contribution in [2.24, 2.45) is 0 Å². The fraction of sp³-hybridized carbons (Fsp3) is 0.765. The molecule has 112 valence electrons. The van der Waals surface area contributed by atoms with Gasteiger partial charge in [0.05, 0.1) is 11.7 Å². The summed E-state index contributed by atoms with van der Waals surface area (Å²) in [6.07, 6.45) is 12.7. The third-order valence-corrected chi connectivity index (χ3v) is 4.79. The van der Waals surface area contributed by atoms with Crippen molar-refractivity contribution in [1.82, 2.24) is 9.88 Å². The predicted molar refractivity (Wildman–Crippen MR) is 81.7 cm³/mol. The Morgan fingerprint density at radius 3 is 2.90 bits per heavy atom. The van der Waals surface area contributed by atoms with Crippen molar-refractivity contribution in [3.8, 4) is 0 Å². The Morgan fingerprint density at radius 1 is 1.35 bits per heavy atom. The monoisotopic (exact) mass is 276 g/mol. The van der Waals surface area contributed by atoms with Gasteiger partial charge in [-0.15, -0.1) is 0 Å². The molecular formula is C17H28N2O. The lowest BCUT2D eigenvalue weighted by atomic mass is 9.98. The van der Waals surface area contributed by atoms with E-state index < -0.39 is 0 Å². The predicted octanol–water partition coefficient (Wildman–Crippen LogP) is 3.48. The summed E-state index contributed by atoms with van der Waals surface area (Å²) < 4.78 is 8.69. The Kier molecular flexibility index (Phi) is 4.18. The van der Waals surface area contributed by atoms with E-state index in [2.05, 4.69) is 42.2 Å². The molecule has 3 rings (SSSR count). The molecule has 0 aromatic carbocycles. The summed E-state index contributed by atoms with van der Waals surface area (Å²) in [7, 11) is 0. The van der Waals surface area contributed by atoms with E-state index in [9.17, 15) is 0 Å². The van der Waals surface area contributed by atoms with Gasteiger partial charge in [-0.25, -0.2) is 0 Å². The van der Waals surface area contributed by atoms with Gasteiger partial charge >= 0.3 is 0 Å². The maximum atomic E-state index is 6.38. The van der Waals surface area contributed by atoms with E-state index in [1.807, 2.05) is 0 Å². The molecular weight excluding hydrogens is 248 g/mol. The van der Waals surface area contributed by atoms with Crippen LogP contribution < -0.4 is 5.32 Å². The number of nitrogens with one attached hydrogen (secondary N) is 1. The van der Waals surface area contributed by atoms with Crippen LogP contribution in [0.25, 0.3) is 0 Å². The highest BCUT2D eigenvalue weighted by molar-refractivity contribution is 5.10. The second-order valence-electron chi connectivity index (χ2n) is 6.92. The SMILES string of the molecule is CC(C)NCc1ccn(CC2CCC3(CCCC3)O2)c1. The first-order valence-electron chi connectivity index (χ1n) is 8.21. The zero-order chi connectivity index (χ0) is 14.0. The lowest BCUT2D eigenvalue weighted by Gasteiger charge is -2.24.